The van der Waals surface area contributed by atoms with Crippen LogP contribution in [0.4, 0.5) is 9.18 Å². The first-order valence-corrected chi connectivity index (χ1v) is 6.59. The standard InChI is InChI=1S/C13H20FNO4/c1-13(2,3)19-12(18)15-7-4-5-8(9(14)6-7)10(15)11(16)17/h7-10H,4-6H2,1-3H3,(H,16,17). The molecule has 3 aliphatic rings. The van der Waals surface area contributed by atoms with Crippen LogP contribution in [0.25, 0.3) is 0 Å². The third-order valence-corrected chi connectivity index (χ3v) is 3.75. The Labute approximate surface area is 111 Å². The number of alkyl halides is 1. The van der Waals surface area contributed by atoms with E-state index in [9.17, 15) is 19.1 Å². The first-order chi connectivity index (χ1) is 8.70. The molecule has 4 atom stereocenters. The van der Waals surface area contributed by atoms with Crippen LogP contribution in [0.2, 0.25) is 0 Å². The van der Waals surface area contributed by atoms with E-state index in [4.69, 9.17) is 4.74 Å². The molecule has 0 aromatic carbocycles. The molecule has 4 unspecified atom stereocenters. The lowest BCUT2D eigenvalue weighted by Crippen LogP contribution is -2.64. The van der Waals surface area contributed by atoms with Crippen molar-refractivity contribution in [1.29, 1.82) is 0 Å². The number of ether oxygens (including phenoxy) is 1. The SMILES string of the molecule is CC(C)(C)OC(=O)N1C2CCC(C(F)C2)C1C(=O)O. The van der Waals surface area contributed by atoms with Crippen molar-refractivity contribution in [2.24, 2.45) is 5.92 Å². The highest BCUT2D eigenvalue weighted by Gasteiger charge is 2.53. The Hall–Kier alpha value is -1.33. The zero-order valence-corrected chi connectivity index (χ0v) is 11.4. The molecule has 2 bridgehead atoms. The maximum atomic E-state index is 13.8. The van der Waals surface area contributed by atoms with Gasteiger partial charge in [0.05, 0.1) is 0 Å². The van der Waals surface area contributed by atoms with E-state index in [0.717, 1.165) is 0 Å². The van der Waals surface area contributed by atoms with Gasteiger partial charge in [0.2, 0.25) is 0 Å². The third-order valence-electron chi connectivity index (χ3n) is 3.75. The molecule has 0 radical (unpaired) electrons. The number of aliphatic carboxylic acids is 1. The topological polar surface area (TPSA) is 66.8 Å². The summed E-state index contributed by atoms with van der Waals surface area (Å²) in [5, 5.41) is 9.28. The smallest absolute Gasteiger partial charge is 0.411 e. The molecule has 2 saturated heterocycles. The van der Waals surface area contributed by atoms with Crippen molar-refractivity contribution in [3.63, 3.8) is 0 Å². The van der Waals surface area contributed by atoms with Gasteiger partial charge in [0, 0.05) is 12.0 Å². The molecule has 0 spiro atoms. The Bertz CT molecular complexity index is 393. The van der Waals surface area contributed by atoms with E-state index in [0.29, 0.717) is 12.8 Å². The minimum atomic E-state index is -1.15. The number of piperidine rings is 2. The average molecular weight is 273 g/mol. The lowest BCUT2D eigenvalue weighted by atomic mass is 9.73. The predicted molar refractivity (Wildman–Crippen MR) is 65.5 cm³/mol. The fourth-order valence-electron chi connectivity index (χ4n) is 3.04. The number of rotatable bonds is 1. The first-order valence-electron chi connectivity index (χ1n) is 6.59. The van der Waals surface area contributed by atoms with E-state index in [1.807, 2.05) is 0 Å². The lowest BCUT2D eigenvalue weighted by molar-refractivity contribution is -0.156. The molecule has 19 heavy (non-hydrogen) atoms. The van der Waals surface area contributed by atoms with Crippen molar-refractivity contribution in [1.82, 2.24) is 4.90 Å². The monoisotopic (exact) mass is 273 g/mol. The van der Waals surface area contributed by atoms with Gasteiger partial charge in [-0.05, 0) is 40.0 Å². The van der Waals surface area contributed by atoms with Crippen LogP contribution in [-0.4, -0.2) is 45.9 Å². The predicted octanol–water partition coefficient (Wildman–Crippen LogP) is 2.20. The van der Waals surface area contributed by atoms with Gasteiger partial charge in [0.25, 0.3) is 0 Å². The zero-order valence-electron chi connectivity index (χ0n) is 11.4. The highest BCUT2D eigenvalue weighted by molar-refractivity contribution is 5.81. The second-order valence-corrected chi connectivity index (χ2v) is 6.32. The van der Waals surface area contributed by atoms with Crippen LogP contribution >= 0.6 is 0 Å². The number of carbonyl (C=O) groups is 2. The van der Waals surface area contributed by atoms with Crippen molar-refractivity contribution in [3.8, 4) is 0 Å². The number of hydrogen-bond acceptors (Lipinski definition) is 3. The number of carboxylic acid groups (broad SMARTS) is 1. The number of carbonyl (C=O) groups excluding carboxylic acids is 1. The largest absolute Gasteiger partial charge is 0.480 e. The lowest BCUT2D eigenvalue weighted by Gasteiger charge is -2.50. The normalized spacial score (nSPS) is 34.2. The Balaban J connectivity index is 2.22. The van der Waals surface area contributed by atoms with Gasteiger partial charge < -0.3 is 9.84 Å². The van der Waals surface area contributed by atoms with Gasteiger partial charge in [0.15, 0.2) is 0 Å². The number of fused-ring (bicyclic) bond motifs is 3. The number of amides is 1. The van der Waals surface area contributed by atoms with Gasteiger partial charge in [0.1, 0.15) is 17.8 Å². The van der Waals surface area contributed by atoms with Crippen molar-refractivity contribution in [2.45, 2.75) is 63.9 Å². The molecule has 6 heteroatoms. The molecular weight excluding hydrogens is 253 g/mol. The fourth-order valence-corrected chi connectivity index (χ4v) is 3.04. The molecule has 3 rings (SSSR count). The molecule has 3 fully saturated rings. The Kier molecular flexibility index (Phi) is 3.45. The number of carboxylic acids is 1. The number of halogens is 1. The van der Waals surface area contributed by atoms with Crippen molar-refractivity contribution < 1.29 is 23.8 Å². The molecule has 1 saturated carbocycles. The average Bonchev–Trinajstić information content (AvgIpc) is 2.25. The van der Waals surface area contributed by atoms with Crippen LogP contribution in [0.3, 0.4) is 0 Å². The van der Waals surface area contributed by atoms with E-state index in [1.165, 1.54) is 4.90 Å². The second kappa shape index (κ2) is 4.65. The van der Waals surface area contributed by atoms with Crippen molar-refractivity contribution in [3.05, 3.63) is 0 Å². The van der Waals surface area contributed by atoms with Gasteiger partial charge in [-0.15, -0.1) is 0 Å². The molecule has 0 aromatic heterocycles. The van der Waals surface area contributed by atoms with Crippen LogP contribution in [0, 0.1) is 5.92 Å². The first kappa shape index (κ1) is 14.1. The van der Waals surface area contributed by atoms with Gasteiger partial charge >= 0.3 is 12.1 Å². The molecule has 2 heterocycles. The van der Waals surface area contributed by atoms with E-state index in [2.05, 4.69) is 0 Å². The summed E-state index contributed by atoms with van der Waals surface area (Å²) in [4.78, 5) is 24.7. The van der Waals surface area contributed by atoms with Crippen molar-refractivity contribution in [2.75, 3.05) is 0 Å². The maximum Gasteiger partial charge on any atom is 0.411 e. The summed E-state index contributed by atoms with van der Waals surface area (Å²) < 4.78 is 19.1. The maximum absolute atomic E-state index is 13.8. The highest BCUT2D eigenvalue weighted by atomic mass is 19.1. The summed E-state index contributed by atoms with van der Waals surface area (Å²) in [6.07, 6.45) is -0.413. The number of hydrogen-bond donors (Lipinski definition) is 1. The van der Waals surface area contributed by atoms with E-state index in [1.54, 1.807) is 20.8 Å². The van der Waals surface area contributed by atoms with Crippen LogP contribution in [0.15, 0.2) is 0 Å². The highest BCUT2D eigenvalue weighted by Crippen LogP contribution is 2.42. The van der Waals surface area contributed by atoms with Crippen LogP contribution < -0.4 is 0 Å². The molecule has 108 valence electrons. The summed E-state index contributed by atoms with van der Waals surface area (Å²) in [6.45, 7) is 5.17. The Morgan fingerprint density at radius 3 is 2.42 bits per heavy atom. The summed E-state index contributed by atoms with van der Waals surface area (Å²) in [5.41, 5.74) is -0.689. The molecule has 2 aliphatic heterocycles. The number of nitrogens with zero attached hydrogens (tertiary/aromatic N) is 1. The Morgan fingerprint density at radius 1 is 1.32 bits per heavy atom. The summed E-state index contributed by atoms with van der Waals surface area (Å²) in [6, 6.07) is -1.46. The van der Waals surface area contributed by atoms with Crippen LogP contribution in [0.1, 0.15) is 40.0 Å². The molecule has 0 aromatic rings. The Morgan fingerprint density at radius 2 is 1.95 bits per heavy atom. The fraction of sp³-hybridized carbons (Fsp3) is 0.846. The van der Waals surface area contributed by atoms with Crippen LogP contribution in [0.5, 0.6) is 0 Å². The zero-order chi connectivity index (χ0) is 14.4. The second-order valence-electron chi connectivity index (χ2n) is 6.32. The third kappa shape index (κ3) is 2.67. The van der Waals surface area contributed by atoms with Gasteiger partial charge in [-0.25, -0.2) is 14.0 Å². The summed E-state index contributed by atoms with van der Waals surface area (Å²) in [5.74, 6) is -1.77. The van der Waals surface area contributed by atoms with E-state index < -0.39 is 35.8 Å². The van der Waals surface area contributed by atoms with Gasteiger partial charge in [-0.3, -0.25) is 4.90 Å². The van der Waals surface area contributed by atoms with Gasteiger partial charge in [-0.1, -0.05) is 0 Å². The molecule has 1 N–H and O–H groups in total. The molecular formula is C13H20FNO4. The quantitative estimate of drug-likeness (QED) is 0.795. The van der Waals surface area contributed by atoms with E-state index in [-0.39, 0.29) is 12.5 Å². The minimum absolute atomic E-state index is 0.216. The molecule has 1 aliphatic carbocycles. The molecule has 1 amide bonds. The van der Waals surface area contributed by atoms with Crippen LogP contribution in [-0.2, 0) is 9.53 Å². The van der Waals surface area contributed by atoms with E-state index >= 15 is 0 Å². The minimum Gasteiger partial charge on any atom is -0.480 e. The molecule has 5 nitrogen and oxygen atoms in total. The van der Waals surface area contributed by atoms with Crippen molar-refractivity contribution >= 4 is 12.1 Å². The summed E-state index contributed by atoms with van der Waals surface area (Å²) >= 11 is 0. The summed E-state index contributed by atoms with van der Waals surface area (Å²) in [7, 11) is 0. The van der Waals surface area contributed by atoms with Gasteiger partial charge in [-0.2, -0.15) is 0 Å².